The van der Waals surface area contributed by atoms with Crippen LogP contribution < -0.4 is 10.7 Å². The molecule has 0 aliphatic carbocycles. The van der Waals surface area contributed by atoms with Crippen LogP contribution in [0.5, 0.6) is 0 Å². The Balaban J connectivity index is 1.38. The molecule has 3 amide bonds. The highest BCUT2D eigenvalue weighted by Gasteiger charge is 2.40. The number of sulfonamides is 1. The highest BCUT2D eigenvalue weighted by molar-refractivity contribution is 8.03. The van der Waals surface area contributed by atoms with Gasteiger partial charge < -0.3 is 15.1 Å². The van der Waals surface area contributed by atoms with Gasteiger partial charge in [-0.25, -0.2) is 18.2 Å². The van der Waals surface area contributed by atoms with Crippen molar-refractivity contribution in [2.24, 2.45) is 0 Å². The maximum Gasteiger partial charge on any atom is 0.339 e. The molecule has 37 heavy (non-hydrogen) atoms. The first-order valence-corrected chi connectivity index (χ1v) is 15.1. The van der Waals surface area contributed by atoms with Gasteiger partial charge in [0.2, 0.25) is 5.91 Å². The zero-order chi connectivity index (χ0) is 26.3. The zero-order valence-corrected chi connectivity index (χ0v) is 23.0. The first kappa shape index (κ1) is 25.7. The lowest BCUT2D eigenvalue weighted by Crippen LogP contribution is -2.62. The van der Waals surface area contributed by atoms with Crippen molar-refractivity contribution in [1.82, 2.24) is 29.9 Å². The number of hydrogen-bond acceptors (Lipinski definition) is 8. The Morgan fingerprint density at radius 1 is 1.22 bits per heavy atom. The average molecular weight is 561 g/mol. The normalized spacial score (nSPS) is 20.3. The number of urea groups is 1. The molecule has 1 unspecified atom stereocenters. The third-order valence-electron chi connectivity index (χ3n) is 6.69. The number of benzene rings is 1. The lowest BCUT2D eigenvalue weighted by atomic mass is 10.1. The molecule has 1 saturated heterocycles. The number of amides is 3. The molecule has 0 bridgehead atoms. The van der Waals surface area contributed by atoms with Crippen molar-refractivity contribution in [3.8, 4) is 12.3 Å². The van der Waals surface area contributed by atoms with Crippen LogP contribution in [-0.4, -0.2) is 91.7 Å². The number of nitrogens with zero attached hydrogens (tertiary/aromatic N) is 4. The molecule has 0 spiro atoms. The monoisotopic (exact) mass is 560 g/mol. The van der Waals surface area contributed by atoms with Gasteiger partial charge in [0.25, 0.3) is 10.0 Å². The van der Waals surface area contributed by atoms with E-state index in [-0.39, 0.29) is 42.2 Å². The molecule has 1 fully saturated rings. The molecule has 1 atom stereocenters. The van der Waals surface area contributed by atoms with Gasteiger partial charge in [0, 0.05) is 69.1 Å². The van der Waals surface area contributed by atoms with Crippen molar-refractivity contribution in [2.45, 2.75) is 23.1 Å². The van der Waals surface area contributed by atoms with Gasteiger partial charge >= 0.3 is 6.03 Å². The van der Waals surface area contributed by atoms with Gasteiger partial charge in [-0.05, 0) is 23.6 Å². The first-order valence-electron chi connectivity index (χ1n) is 11.8. The summed E-state index contributed by atoms with van der Waals surface area (Å²) in [4.78, 5) is 29.3. The third kappa shape index (κ3) is 4.98. The maximum absolute atomic E-state index is 13.6. The van der Waals surface area contributed by atoms with Crippen LogP contribution in [0.15, 0.2) is 39.2 Å². The number of nitrogens with one attached hydrogen (secondary N) is 2. The molecular weight excluding hydrogens is 533 g/mol. The van der Waals surface area contributed by atoms with Crippen molar-refractivity contribution >= 4 is 55.1 Å². The van der Waals surface area contributed by atoms with E-state index in [0.717, 1.165) is 26.7 Å². The molecular formula is C24H28N6O4S3. The van der Waals surface area contributed by atoms with Crippen LogP contribution in [0.1, 0.15) is 18.4 Å². The molecule has 196 valence electrons. The van der Waals surface area contributed by atoms with E-state index >= 15 is 0 Å². The van der Waals surface area contributed by atoms with Gasteiger partial charge in [0.15, 0.2) is 0 Å². The number of rotatable bonds is 4. The second-order valence-electron chi connectivity index (χ2n) is 9.23. The number of hydrogen-bond donors (Lipinski definition) is 2. The van der Waals surface area contributed by atoms with Gasteiger partial charge in [-0.1, -0.05) is 23.7 Å². The van der Waals surface area contributed by atoms with Gasteiger partial charge in [-0.15, -0.1) is 17.8 Å². The van der Waals surface area contributed by atoms with E-state index in [1.54, 1.807) is 54.0 Å². The highest BCUT2D eigenvalue weighted by Crippen LogP contribution is 2.33. The number of fused-ring (bicyclic) bond motifs is 1. The molecule has 4 heterocycles. The average Bonchev–Trinajstić information content (AvgIpc) is 3.54. The number of carbonyl (C=O) groups is 2. The van der Waals surface area contributed by atoms with Crippen LogP contribution in [0.3, 0.4) is 0 Å². The summed E-state index contributed by atoms with van der Waals surface area (Å²) in [5.74, 6) is 3.17. The molecule has 0 saturated carbocycles. The van der Waals surface area contributed by atoms with E-state index in [0.29, 0.717) is 18.5 Å². The SMILES string of the molecule is C#Cc1ccc2cc(S(=O)(=O)N3CCN(C(=O)N4CCC5=C(N4)SCN5)C(CC(=O)N(C)C)C3)sc2c1. The standard InChI is InChI=1S/C24H28N6O4S3/c1-4-16-5-6-17-12-22(36-20(17)11-16)37(33,34)28-9-10-29(18(14-28)13-21(31)27(2)3)24(32)30-8-7-19-23(26-30)35-15-25-19/h1,5-6,11-12,18,25-26H,7-10,13-15H2,2-3H3. The smallest absolute Gasteiger partial charge is 0.339 e. The molecule has 2 N–H and O–H groups in total. The van der Waals surface area contributed by atoms with Crippen LogP contribution in [0.2, 0.25) is 0 Å². The van der Waals surface area contributed by atoms with E-state index < -0.39 is 16.1 Å². The Morgan fingerprint density at radius 3 is 2.78 bits per heavy atom. The number of hydrazine groups is 1. The molecule has 3 aliphatic heterocycles. The fourth-order valence-electron chi connectivity index (χ4n) is 4.57. The van der Waals surface area contributed by atoms with E-state index in [2.05, 4.69) is 16.7 Å². The molecule has 10 nitrogen and oxygen atoms in total. The van der Waals surface area contributed by atoms with E-state index in [4.69, 9.17) is 6.42 Å². The molecule has 1 aromatic carbocycles. The minimum absolute atomic E-state index is 0.0286. The number of piperazine rings is 1. The van der Waals surface area contributed by atoms with Gasteiger partial charge in [-0.3, -0.25) is 10.2 Å². The second kappa shape index (κ2) is 10.1. The highest BCUT2D eigenvalue weighted by atomic mass is 32.2. The first-order chi connectivity index (χ1) is 17.7. The summed E-state index contributed by atoms with van der Waals surface area (Å²) in [6, 6.07) is 6.21. The van der Waals surface area contributed by atoms with E-state index in [1.165, 1.54) is 20.5 Å². The Bertz CT molecular complexity index is 1430. The summed E-state index contributed by atoms with van der Waals surface area (Å²) < 4.78 is 29.7. The lowest BCUT2D eigenvalue weighted by Gasteiger charge is -2.43. The molecule has 1 aromatic heterocycles. The zero-order valence-electron chi connectivity index (χ0n) is 20.6. The number of carbonyl (C=O) groups excluding carboxylic acids is 2. The van der Waals surface area contributed by atoms with Gasteiger partial charge in [-0.2, -0.15) is 4.31 Å². The maximum atomic E-state index is 13.6. The van der Waals surface area contributed by atoms with Crippen LogP contribution >= 0.6 is 23.1 Å². The largest absolute Gasteiger partial charge is 0.377 e. The molecule has 2 aromatic rings. The van der Waals surface area contributed by atoms with Crippen molar-refractivity contribution < 1.29 is 18.0 Å². The number of thioether (sulfide) groups is 1. The molecule has 3 aliphatic rings. The van der Waals surface area contributed by atoms with E-state index in [9.17, 15) is 18.0 Å². The third-order valence-corrected chi connectivity index (χ3v) is 11.0. The molecule has 13 heteroatoms. The molecule has 5 rings (SSSR count). The predicted octanol–water partition coefficient (Wildman–Crippen LogP) is 1.83. The van der Waals surface area contributed by atoms with Crippen molar-refractivity contribution in [3.05, 3.63) is 40.6 Å². The Kier molecular flexibility index (Phi) is 7.01. The summed E-state index contributed by atoms with van der Waals surface area (Å²) >= 11 is 2.78. The van der Waals surface area contributed by atoms with Crippen LogP contribution in [0, 0.1) is 12.3 Å². The summed E-state index contributed by atoms with van der Waals surface area (Å²) in [5.41, 5.74) is 4.97. The Morgan fingerprint density at radius 2 is 2.03 bits per heavy atom. The summed E-state index contributed by atoms with van der Waals surface area (Å²) in [6.07, 6.45) is 6.23. The fraction of sp³-hybridized carbons (Fsp3) is 0.417. The van der Waals surface area contributed by atoms with E-state index in [1.807, 2.05) is 6.07 Å². The van der Waals surface area contributed by atoms with Crippen LogP contribution in [0.25, 0.3) is 10.1 Å². The minimum Gasteiger partial charge on any atom is -0.377 e. The Labute approximate surface area is 224 Å². The second-order valence-corrected chi connectivity index (χ2v) is 13.5. The fourth-order valence-corrected chi connectivity index (χ4v) is 8.55. The van der Waals surface area contributed by atoms with Crippen LogP contribution in [-0.2, 0) is 14.8 Å². The minimum atomic E-state index is -3.83. The number of thiophene rings is 1. The summed E-state index contributed by atoms with van der Waals surface area (Å²) in [6.45, 7) is 0.850. The lowest BCUT2D eigenvalue weighted by molar-refractivity contribution is -0.130. The topological polar surface area (TPSA) is 105 Å². The molecule has 0 radical (unpaired) electrons. The Hall–Kier alpha value is -2.92. The summed E-state index contributed by atoms with van der Waals surface area (Å²) in [5, 5.41) is 6.59. The number of terminal acetylenes is 1. The van der Waals surface area contributed by atoms with Gasteiger partial charge in [0.1, 0.15) is 9.24 Å². The van der Waals surface area contributed by atoms with Crippen molar-refractivity contribution in [3.63, 3.8) is 0 Å². The van der Waals surface area contributed by atoms with Crippen molar-refractivity contribution in [1.29, 1.82) is 0 Å². The van der Waals surface area contributed by atoms with Crippen molar-refractivity contribution in [2.75, 3.05) is 46.2 Å². The van der Waals surface area contributed by atoms with Crippen LogP contribution in [0.4, 0.5) is 4.79 Å². The predicted molar refractivity (Wildman–Crippen MR) is 145 cm³/mol. The van der Waals surface area contributed by atoms with Gasteiger partial charge in [0.05, 0.1) is 11.9 Å². The summed E-state index contributed by atoms with van der Waals surface area (Å²) in [7, 11) is -0.528. The quantitative estimate of drug-likeness (QED) is 0.550.